The van der Waals surface area contributed by atoms with Gasteiger partial charge in [0.1, 0.15) is 13.2 Å². The number of amides is 1. The molecular weight excluding hydrogens is 498 g/mol. The third-order valence-electron chi connectivity index (χ3n) is 4.06. The van der Waals surface area contributed by atoms with Crippen molar-refractivity contribution in [2.24, 2.45) is 0 Å². The lowest BCUT2D eigenvalue weighted by Crippen LogP contribution is -2.31. The van der Waals surface area contributed by atoms with Crippen molar-refractivity contribution >= 4 is 11.9 Å². The molecule has 0 aromatic rings. The maximum atomic E-state index is 11.3. The predicted molar refractivity (Wildman–Crippen MR) is 130 cm³/mol. The van der Waals surface area contributed by atoms with E-state index in [0.717, 1.165) is 0 Å². The molecule has 37 heavy (non-hydrogen) atoms. The minimum absolute atomic E-state index is 0.297. The molecule has 0 saturated carbocycles. The van der Waals surface area contributed by atoms with Gasteiger partial charge in [-0.15, -0.1) is 0 Å². The SMILES string of the molecule is COCCOCCOCCOCCOCCOCCOCCOCCOCCNC(=O)COCC(=O)O. The molecule has 0 aromatic heterocycles. The Morgan fingerprint density at radius 3 is 1.14 bits per heavy atom. The normalized spacial score (nSPS) is 11.2. The molecule has 0 aliphatic heterocycles. The summed E-state index contributed by atoms with van der Waals surface area (Å²) in [5, 5.41) is 10.9. The summed E-state index contributed by atoms with van der Waals surface area (Å²) in [6, 6.07) is 0. The van der Waals surface area contributed by atoms with Gasteiger partial charge in [-0.25, -0.2) is 4.79 Å². The highest BCUT2D eigenvalue weighted by Crippen LogP contribution is 1.86. The molecule has 0 aliphatic carbocycles. The van der Waals surface area contributed by atoms with Crippen LogP contribution in [0, 0.1) is 0 Å². The fourth-order valence-electron chi connectivity index (χ4n) is 2.33. The number of rotatable bonds is 31. The van der Waals surface area contributed by atoms with E-state index in [1.54, 1.807) is 7.11 Å². The van der Waals surface area contributed by atoms with E-state index in [2.05, 4.69) is 10.1 Å². The molecule has 14 nitrogen and oxygen atoms in total. The third kappa shape index (κ3) is 32.5. The Balaban J connectivity index is 3.08. The summed E-state index contributed by atoms with van der Waals surface area (Å²) in [6.45, 7) is 7.71. The van der Waals surface area contributed by atoms with Gasteiger partial charge < -0.3 is 57.8 Å². The quantitative estimate of drug-likeness (QED) is 0.102. The second-order valence-corrected chi connectivity index (χ2v) is 7.13. The van der Waals surface area contributed by atoms with Gasteiger partial charge in [-0.05, 0) is 0 Å². The number of nitrogens with one attached hydrogen (secondary N) is 1. The lowest BCUT2D eigenvalue weighted by molar-refractivity contribution is -0.143. The van der Waals surface area contributed by atoms with Crippen molar-refractivity contribution in [1.29, 1.82) is 0 Å². The molecule has 220 valence electrons. The Bertz CT molecular complexity index is 499. The second-order valence-electron chi connectivity index (χ2n) is 7.13. The molecular formula is C23H45NO13. The summed E-state index contributed by atoms with van der Waals surface area (Å²) in [6.07, 6.45) is 0. The molecule has 1 amide bonds. The van der Waals surface area contributed by atoms with E-state index in [1.807, 2.05) is 0 Å². The van der Waals surface area contributed by atoms with Crippen LogP contribution in [0.3, 0.4) is 0 Å². The average molecular weight is 544 g/mol. The number of hydrogen-bond donors (Lipinski definition) is 2. The third-order valence-corrected chi connectivity index (χ3v) is 4.06. The zero-order valence-electron chi connectivity index (χ0n) is 22.0. The summed E-state index contributed by atoms with van der Waals surface area (Å²) in [5.74, 6) is -1.52. The molecule has 0 radical (unpaired) electrons. The summed E-state index contributed by atoms with van der Waals surface area (Å²) in [7, 11) is 1.64. The number of carboxylic acids is 1. The molecule has 0 bridgehead atoms. The van der Waals surface area contributed by atoms with E-state index in [4.69, 9.17) is 47.7 Å². The zero-order chi connectivity index (χ0) is 27.1. The first-order valence-corrected chi connectivity index (χ1v) is 12.3. The number of carbonyl (C=O) groups is 2. The molecule has 0 fully saturated rings. The summed E-state index contributed by atoms with van der Waals surface area (Å²) >= 11 is 0. The first-order valence-electron chi connectivity index (χ1n) is 12.3. The molecule has 0 atom stereocenters. The fraction of sp³-hybridized carbons (Fsp3) is 0.913. The van der Waals surface area contributed by atoms with E-state index >= 15 is 0 Å². The van der Waals surface area contributed by atoms with Gasteiger partial charge in [0.15, 0.2) is 0 Å². The van der Waals surface area contributed by atoms with Crippen LogP contribution in [0.1, 0.15) is 0 Å². The van der Waals surface area contributed by atoms with Crippen LogP contribution >= 0.6 is 0 Å². The van der Waals surface area contributed by atoms with Gasteiger partial charge in [-0.2, -0.15) is 0 Å². The number of hydrogen-bond acceptors (Lipinski definition) is 12. The maximum absolute atomic E-state index is 11.3. The molecule has 0 heterocycles. The second kappa shape index (κ2) is 30.8. The van der Waals surface area contributed by atoms with Crippen LogP contribution in [0.4, 0.5) is 0 Å². The van der Waals surface area contributed by atoms with Crippen LogP contribution in [0.5, 0.6) is 0 Å². The monoisotopic (exact) mass is 543 g/mol. The van der Waals surface area contributed by atoms with Gasteiger partial charge >= 0.3 is 5.97 Å². The molecule has 0 aromatic carbocycles. The largest absolute Gasteiger partial charge is 0.480 e. The van der Waals surface area contributed by atoms with Crippen molar-refractivity contribution in [3.63, 3.8) is 0 Å². The lowest BCUT2D eigenvalue weighted by Gasteiger charge is -2.09. The Morgan fingerprint density at radius 1 is 0.486 bits per heavy atom. The van der Waals surface area contributed by atoms with E-state index < -0.39 is 18.5 Å². The van der Waals surface area contributed by atoms with E-state index in [1.165, 1.54) is 0 Å². The predicted octanol–water partition coefficient (Wildman–Crippen LogP) is -1.02. The Kier molecular flexibility index (Phi) is 29.5. The summed E-state index contributed by atoms with van der Waals surface area (Å²) < 4.78 is 52.5. The van der Waals surface area contributed by atoms with Gasteiger partial charge in [-0.3, -0.25) is 4.79 Å². The summed E-state index contributed by atoms with van der Waals surface area (Å²) in [5.41, 5.74) is 0. The van der Waals surface area contributed by atoms with Crippen LogP contribution < -0.4 is 5.32 Å². The van der Waals surface area contributed by atoms with Gasteiger partial charge in [0.2, 0.25) is 5.91 Å². The minimum atomic E-state index is -1.12. The van der Waals surface area contributed by atoms with Crippen LogP contribution in [-0.2, 0) is 57.0 Å². The first kappa shape index (κ1) is 35.5. The van der Waals surface area contributed by atoms with Crippen molar-refractivity contribution in [3.05, 3.63) is 0 Å². The number of carboxylic acid groups (broad SMARTS) is 1. The average Bonchev–Trinajstić information content (AvgIpc) is 2.88. The van der Waals surface area contributed by atoms with Crippen molar-refractivity contribution in [3.8, 4) is 0 Å². The molecule has 0 saturated heterocycles. The maximum Gasteiger partial charge on any atom is 0.329 e. The summed E-state index contributed by atoms with van der Waals surface area (Å²) in [4.78, 5) is 21.6. The van der Waals surface area contributed by atoms with Crippen molar-refractivity contribution in [1.82, 2.24) is 5.32 Å². The zero-order valence-corrected chi connectivity index (χ0v) is 22.0. The van der Waals surface area contributed by atoms with Crippen molar-refractivity contribution in [2.75, 3.05) is 139 Å². The highest BCUT2D eigenvalue weighted by molar-refractivity contribution is 5.77. The number of aliphatic carboxylic acids is 1. The van der Waals surface area contributed by atoms with Crippen LogP contribution in [0.2, 0.25) is 0 Å². The Labute approximate surface area is 219 Å². The molecule has 0 rings (SSSR count). The molecule has 14 heteroatoms. The molecule has 0 spiro atoms. The van der Waals surface area contributed by atoms with E-state index in [0.29, 0.717) is 119 Å². The standard InChI is InChI=1S/C23H45NO13/c1-28-4-5-30-8-9-32-12-13-34-16-17-36-19-18-35-15-14-33-11-10-31-7-6-29-3-2-24-22(25)20-37-21-23(26)27/h2-21H2,1H3,(H,24,25)(H,26,27). The fourth-order valence-corrected chi connectivity index (χ4v) is 2.33. The van der Waals surface area contributed by atoms with Gasteiger partial charge in [0.05, 0.1) is 112 Å². The van der Waals surface area contributed by atoms with Crippen molar-refractivity contribution < 1.29 is 62.1 Å². The smallest absolute Gasteiger partial charge is 0.329 e. The van der Waals surface area contributed by atoms with E-state index in [9.17, 15) is 9.59 Å². The number of methoxy groups -OCH3 is 1. The van der Waals surface area contributed by atoms with Crippen molar-refractivity contribution in [2.45, 2.75) is 0 Å². The highest BCUT2D eigenvalue weighted by atomic mass is 16.6. The minimum Gasteiger partial charge on any atom is -0.480 e. The van der Waals surface area contributed by atoms with E-state index in [-0.39, 0.29) is 6.61 Å². The van der Waals surface area contributed by atoms with Gasteiger partial charge in [0.25, 0.3) is 0 Å². The van der Waals surface area contributed by atoms with Gasteiger partial charge in [0, 0.05) is 13.7 Å². The first-order chi connectivity index (χ1) is 18.2. The van der Waals surface area contributed by atoms with Crippen LogP contribution in [0.25, 0.3) is 0 Å². The van der Waals surface area contributed by atoms with Crippen LogP contribution in [0.15, 0.2) is 0 Å². The number of carbonyl (C=O) groups excluding carboxylic acids is 1. The number of ether oxygens (including phenoxy) is 10. The van der Waals surface area contributed by atoms with Crippen LogP contribution in [-0.4, -0.2) is 156 Å². The Hall–Kier alpha value is -1.46. The molecule has 0 unspecified atom stereocenters. The molecule has 0 aliphatic rings. The topological polar surface area (TPSA) is 159 Å². The molecule has 2 N–H and O–H groups in total. The lowest BCUT2D eigenvalue weighted by atomic mass is 10.6. The van der Waals surface area contributed by atoms with Gasteiger partial charge in [-0.1, -0.05) is 0 Å². The Morgan fingerprint density at radius 2 is 0.811 bits per heavy atom. The highest BCUT2D eigenvalue weighted by Gasteiger charge is 2.03.